The number of benzene rings is 1. The van der Waals surface area contributed by atoms with Crippen LogP contribution in [-0.2, 0) is 4.79 Å². The standard InChI is InChI=1S/C13H16O2/c1-2-6-12(14)9-10-13(15)11-7-4-3-5-8-11/h3-5,7-8H,2,6,9-10H2,1H3. The Kier molecular flexibility index (Phi) is 4.75. The monoisotopic (exact) mass is 204 g/mol. The van der Waals surface area contributed by atoms with Crippen LogP contribution in [0.5, 0.6) is 0 Å². The molecule has 0 saturated heterocycles. The van der Waals surface area contributed by atoms with E-state index in [4.69, 9.17) is 0 Å². The van der Waals surface area contributed by atoms with Gasteiger partial charge in [-0.25, -0.2) is 0 Å². The van der Waals surface area contributed by atoms with Crippen LogP contribution in [-0.4, -0.2) is 11.6 Å². The van der Waals surface area contributed by atoms with Crippen molar-refractivity contribution in [2.24, 2.45) is 0 Å². The molecule has 0 aromatic heterocycles. The Morgan fingerprint density at radius 1 is 1.00 bits per heavy atom. The van der Waals surface area contributed by atoms with Crippen molar-refractivity contribution in [3.8, 4) is 0 Å². The molecule has 2 heteroatoms. The lowest BCUT2D eigenvalue weighted by Crippen LogP contribution is -2.04. The molecule has 80 valence electrons. The predicted molar refractivity (Wildman–Crippen MR) is 59.9 cm³/mol. The van der Waals surface area contributed by atoms with E-state index in [0.717, 1.165) is 6.42 Å². The molecule has 0 aliphatic heterocycles. The Labute approximate surface area is 90.3 Å². The molecule has 0 spiro atoms. The SMILES string of the molecule is CCCC(=O)CCC(=O)c1ccccc1. The van der Waals surface area contributed by atoms with Crippen LogP contribution in [0.4, 0.5) is 0 Å². The molecule has 0 aliphatic rings. The zero-order chi connectivity index (χ0) is 11.1. The van der Waals surface area contributed by atoms with Crippen LogP contribution in [0.3, 0.4) is 0 Å². The first kappa shape index (κ1) is 11.6. The van der Waals surface area contributed by atoms with Gasteiger partial charge in [0.2, 0.25) is 0 Å². The Bertz CT molecular complexity index is 328. The molecule has 0 N–H and O–H groups in total. The van der Waals surface area contributed by atoms with Crippen molar-refractivity contribution in [3.05, 3.63) is 35.9 Å². The van der Waals surface area contributed by atoms with Crippen molar-refractivity contribution < 1.29 is 9.59 Å². The maximum atomic E-state index is 11.6. The highest BCUT2D eigenvalue weighted by Gasteiger charge is 2.07. The first-order chi connectivity index (χ1) is 7.24. The van der Waals surface area contributed by atoms with Gasteiger partial charge in [-0.15, -0.1) is 0 Å². The smallest absolute Gasteiger partial charge is 0.163 e. The third kappa shape index (κ3) is 4.07. The second kappa shape index (κ2) is 6.12. The molecule has 0 unspecified atom stereocenters. The van der Waals surface area contributed by atoms with Crippen LogP contribution >= 0.6 is 0 Å². The third-order valence-electron chi connectivity index (χ3n) is 2.26. The summed E-state index contributed by atoms with van der Waals surface area (Å²) in [5.74, 6) is 0.238. The largest absolute Gasteiger partial charge is 0.300 e. The summed E-state index contributed by atoms with van der Waals surface area (Å²) >= 11 is 0. The van der Waals surface area contributed by atoms with E-state index in [9.17, 15) is 9.59 Å². The van der Waals surface area contributed by atoms with Crippen LogP contribution in [0.2, 0.25) is 0 Å². The Morgan fingerprint density at radius 2 is 1.67 bits per heavy atom. The molecule has 0 radical (unpaired) electrons. The van der Waals surface area contributed by atoms with Gasteiger partial charge in [0.05, 0.1) is 0 Å². The molecule has 0 fully saturated rings. The Hall–Kier alpha value is -1.44. The van der Waals surface area contributed by atoms with Crippen molar-refractivity contribution >= 4 is 11.6 Å². The number of rotatable bonds is 6. The van der Waals surface area contributed by atoms with E-state index in [2.05, 4.69) is 0 Å². The van der Waals surface area contributed by atoms with Crippen molar-refractivity contribution in [2.45, 2.75) is 32.6 Å². The Morgan fingerprint density at radius 3 is 2.27 bits per heavy atom. The summed E-state index contributed by atoms with van der Waals surface area (Å²) in [4.78, 5) is 22.8. The van der Waals surface area contributed by atoms with Gasteiger partial charge < -0.3 is 0 Å². The molecule has 0 bridgehead atoms. The molecule has 2 nitrogen and oxygen atoms in total. The van der Waals surface area contributed by atoms with E-state index in [-0.39, 0.29) is 11.6 Å². The van der Waals surface area contributed by atoms with Crippen LogP contribution < -0.4 is 0 Å². The summed E-state index contributed by atoms with van der Waals surface area (Å²) in [6.45, 7) is 1.97. The van der Waals surface area contributed by atoms with Gasteiger partial charge in [0.1, 0.15) is 5.78 Å². The van der Waals surface area contributed by atoms with Crippen LogP contribution in [0.1, 0.15) is 43.0 Å². The number of carbonyl (C=O) groups is 2. The fourth-order valence-electron chi connectivity index (χ4n) is 1.43. The number of carbonyl (C=O) groups excluding carboxylic acids is 2. The molecule has 0 aliphatic carbocycles. The van der Waals surface area contributed by atoms with Crippen LogP contribution in [0.25, 0.3) is 0 Å². The molecule has 0 saturated carbocycles. The number of hydrogen-bond donors (Lipinski definition) is 0. The first-order valence-electron chi connectivity index (χ1n) is 5.34. The van der Waals surface area contributed by atoms with Gasteiger partial charge in [-0.05, 0) is 6.42 Å². The second-order valence-electron chi connectivity index (χ2n) is 3.58. The fraction of sp³-hybridized carbons (Fsp3) is 0.385. The predicted octanol–water partition coefficient (Wildman–Crippen LogP) is 3.02. The normalized spacial score (nSPS) is 9.93. The van der Waals surface area contributed by atoms with E-state index in [0.29, 0.717) is 24.8 Å². The average molecular weight is 204 g/mol. The molecule has 0 atom stereocenters. The van der Waals surface area contributed by atoms with Gasteiger partial charge in [0.15, 0.2) is 5.78 Å². The molecule has 1 aromatic carbocycles. The summed E-state index contributed by atoms with van der Waals surface area (Å²) in [5, 5.41) is 0. The molecular formula is C13H16O2. The maximum absolute atomic E-state index is 11.6. The quantitative estimate of drug-likeness (QED) is 0.667. The highest BCUT2D eigenvalue weighted by Crippen LogP contribution is 2.06. The van der Waals surface area contributed by atoms with Crippen molar-refractivity contribution in [2.75, 3.05) is 0 Å². The summed E-state index contributed by atoms with van der Waals surface area (Å²) in [7, 11) is 0. The summed E-state index contributed by atoms with van der Waals surface area (Å²) < 4.78 is 0. The number of ketones is 2. The first-order valence-corrected chi connectivity index (χ1v) is 5.34. The van der Waals surface area contributed by atoms with Crippen LogP contribution in [0.15, 0.2) is 30.3 Å². The van der Waals surface area contributed by atoms with E-state index < -0.39 is 0 Å². The average Bonchev–Trinajstić information content (AvgIpc) is 2.27. The lowest BCUT2D eigenvalue weighted by molar-refractivity contribution is -0.119. The highest BCUT2D eigenvalue weighted by atomic mass is 16.1. The molecular weight excluding hydrogens is 188 g/mol. The van der Waals surface area contributed by atoms with E-state index in [1.807, 2.05) is 25.1 Å². The third-order valence-corrected chi connectivity index (χ3v) is 2.26. The van der Waals surface area contributed by atoms with Gasteiger partial charge in [-0.3, -0.25) is 9.59 Å². The zero-order valence-corrected chi connectivity index (χ0v) is 9.03. The summed E-state index contributed by atoms with van der Waals surface area (Å²) in [6, 6.07) is 9.11. The molecule has 1 rings (SSSR count). The molecule has 1 aromatic rings. The van der Waals surface area contributed by atoms with Gasteiger partial charge in [-0.2, -0.15) is 0 Å². The van der Waals surface area contributed by atoms with Crippen molar-refractivity contribution in [1.82, 2.24) is 0 Å². The van der Waals surface area contributed by atoms with E-state index in [1.54, 1.807) is 12.1 Å². The van der Waals surface area contributed by atoms with Gasteiger partial charge in [0.25, 0.3) is 0 Å². The zero-order valence-electron chi connectivity index (χ0n) is 9.03. The van der Waals surface area contributed by atoms with E-state index in [1.165, 1.54) is 0 Å². The summed E-state index contributed by atoms with van der Waals surface area (Å²) in [6.07, 6.45) is 2.16. The molecule has 0 heterocycles. The molecule has 0 amide bonds. The lowest BCUT2D eigenvalue weighted by Gasteiger charge is -1.99. The Balaban J connectivity index is 2.40. The highest BCUT2D eigenvalue weighted by molar-refractivity contribution is 5.98. The lowest BCUT2D eigenvalue weighted by atomic mass is 10.0. The van der Waals surface area contributed by atoms with Gasteiger partial charge >= 0.3 is 0 Å². The fourth-order valence-corrected chi connectivity index (χ4v) is 1.43. The van der Waals surface area contributed by atoms with Gasteiger partial charge in [-0.1, -0.05) is 37.3 Å². The summed E-state index contributed by atoms with van der Waals surface area (Å²) in [5.41, 5.74) is 0.696. The number of hydrogen-bond acceptors (Lipinski definition) is 2. The van der Waals surface area contributed by atoms with Gasteiger partial charge in [0, 0.05) is 24.8 Å². The van der Waals surface area contributed by atoms with Crippen LogP contribution in [0, 0.1) is 0 Å². The minimum absolute atomic E-state index is 0.0556. The van der Waals surface area contributed by atoms with Crippen molar-refractivity contribution in [3.63, 3.8) is 0 Å². The molecule has 15 heavy (non-hydrogen) atoms. The minimum atomic E-state index is 0.0556. The minimum Gasteiger partial charge on any atom is -0.300 e. The topological polar surface area (TPSA) is 34.1 Å². The maximum Gasteiger partial charge on any atom is 0.163 e. The van der Waals surface area contributed by atoms with E-state index >= 15 is 0 Å². The second-order valence-corrected chi connectivity index (χ2v) is 3.58. The number of Topliss-reactive ketones (excluding diaryl/α,β-unsaturated/α-hetero) is 2. The van der Waals surface area contributed by atoms with Crippen molar-refractivity contribution in [1.29, 1.82) is 0 Å².